The van der Waals surface area contributed by atoms with Crippen molar-refractivity contribution in [3.05, 3.63) is 29.8 Å². The van der Waals surface area contributed by atoms with Crippen molar-refractivity contribution in [3.8, 4) is 5.75 Å². The summed E-state index contributed by atoms with van der Waals surface area (Å²) >= 11 is 7.45. The lowest BCUT2D eigenvalue weighted by Crippen LogP contribution is -2.27. The maximum Gasteiger partial charge on any atom is 0.310 e. The van der Waals surface area contributed by atoms with Crippen molar-refractivity contribution < 1.29 is 9.53 Å². The molecule has 0 amide bonds. The monoisotopic (exact) mass is 668 g/mol. The Labute approximate surface area is 187 Å². The minimum absolute atomic E-state index is 0.172. The molecule has 0 fully saturated rings. The Morgan fingerprint density at radius 1 is 0.917 bits per heavy atom. The van der Waals surface area contributed by atoms with Crippen molar-refractivity contribution in [2.24, 2.45) is 0 Å². The summed E-state index contributed by atoms with van der Waals surface area (Å²) in [5.41, 5.74) is 1.69. The Morgan fingerprint density at radius 2 is 1.38 bits per heavy atom. The van der Waals surface area contributed by atoms with Crippen molar-refractivity contribution in [1.82, 2.24) is 0 Å². The van der Waals surface area contributed by atoms with Crippen LogP contribution in [0.4, 0.5) is 0 Å². The van der Waals surface area contributed by atoms with Crippen LogP contribution in [0.2, 0.25) is 0 Å². The summed E-state index contributed by atoms with van der Waals surface area (Å²) in [5, 5.41) is 0. The minimum atomic E-state index is -0.172. The summed E-state index contributed by atoms with van der Waals surface area (Å²) in [4.78, 5) is 11.5. The Morgan fingerprint density at radius 3 is 1.75 bits per heavy atom. The van der Waals surface area contributed by atoms with E-state index in [1.54, 1.807) is 0 Å². The number of carbonyl (C=O) groups is 1. The van der Waals surface area contributed by atoms with Gasteiger partial charge in [0.1, 0.15) is 5.75 Å². The molecule has 1 aromatic rings. The number of alkyl halides is 3. The fraction of sp³-hybridized carbons (Fsp3) is 0.632. The molecule has 0 heterocycles. The van der Waals surface area contributed by atoms with E-state index in [1.807, 2.05) is 19.1 Å². The van der Waals surface area contributed by atoms with Crippen molar-refractivity contribution in [1.29, 1.82) is 0 Å². The minimum Gasteiger partial charge on any atom is -0.427 e. The van der Waals surface area contributed by atoms with Crippen LogP contribution in [0.25, 0.3) is 0 Å². The van der Waals surface area contributed by atoms with Crippen LogP contribution in [-0.4, -0.2) is 19.3 Å². The van der Waals surface area contributed by atoms with Gasteiger partial charge in [-0.3, -0.25) is 4.79 Å². The molecule has 0 saturated carbocycles. The highest BCUT2D eigenvalue weighted by Crippen LogP contribution is 2.40. The molecule has 2 nitrogen and oxygen atoms in total. The third-order valence-corrected chi connectivity index (χ3v) is 6.64. The van der Waals surface area contributed by atoms with Gasteiger partial charge < -0.3 is 4.74 Å². The van der Waals surface area contributed by atoms with Gasteiger partial charge in [-0.25, -0.2) is 0 Å². The molecule has 0 spiro atoms. The number of rotatable bonds is 12. The highest BCUT2D eigenvalue weighted by molar-refractivity contribution is 14.1. The van der Waals surface area contributed by atoms with Gasteiger partial charge >= 0.3 is 5.97 Å². The predicted molar refractivity (Wildman–Crippen MR) is 128 cm³/mol. The summed E-state index contributed by atoms with van der Waals surface area (Å²) < 4.78 is 8.96. The Balaban J connectivity index is 3.03. The molecule has 136 valence electrons. The molecule has 24 heavy (non-hydrogen) atoms. The van der Waals surface area contributed by atoms with Gasteiger partial charge in [-0.1, -0.05) is 86.8 Å². The molecular weight excluding hydrogens is 641 g/mol. The van der Waals surface area contributed by atoms with Gasteiger partial charge in [-0.15, -0.1) is 0 Å². The van der Waals surface area contributed by atoms with Crippen molar-refractivity contribution in [2.45, 2.75) is 57.3 Å². The second kappa shape index (κ2) is 13.1. The van der Waals surface area contributed by atoms with E-state index in [4.69, 9.17) is 4.74 Å². The van der Waals surface area contributed by atoms with E-state index in [-0.39, 0.29) is 11.4 Å². The first-order valence-corrected chi connectivity index (χ1v) is 13.2. The zero-order valence-electron chi connectivity index (χ0n) is 14.3. The third-order valence-electron chi connectivity index (χ3n) is 4.35. The van der Waals surface area contributed by atoms with E-state index >= 15 is 0 Å². The quantitative estimate of drug-likeness (QED) is 0.105. The largest absolute Gasteiger partial charge is 0.427 e. The first-order chi connectivity index (χ1) is 11.6. The van der Waals surface area contributed by atoms with E-state index < -0.39 is 0 Å². The molecule has 1 aromatic carbocycles. The molecule has 0 aliphatic heterocycles. The van der Waals surface area contributed by atoms with Crippen LogP contribution in [0, 0.1) is 0 Å². The number of benzene rings is 1. The topological polar surface area (TPSA) is 26.3 Å². The van der Waals surface area contributed by atoms with Crippen LogP contribution in [0.3, 0.4) is 0 Å². The zero-order valence-corrected chi connectivity index (χ0v) is 20.8. The number of esters is 1. The molecule has 5 heteroatoms. The lowest BCUT2D eigenvalue weighted by atomic mass is 9.70. The second-order valence-electron chi connectivity index (χ2n) is 6.01. The second-order valence-corrected chi connectivity index (χ2v) is 9.25. The SMILES string of the molecule is CCC(=O)Oc1ccc(C(CCCI)(CCCI)CCCI)cc1. The molecule has 0 aliphatic carbocycles. The number of ether oxygens (including phenoxy) is 1. The molecule has 1 rings (SSSR count). The fourth-order valence-corrected chi connectivity index (χ4v) is 4.25. The van der Waals surface area contributed by atoms with Gasteiger partial charge in [0.25, 0.3) is 0 Å². The normalized spacial score (nSPS) is 11.5. The summed E-state index contributed by atoms with van der Waals surface area (Å²) in [6, 6.07) is 8.31. The van der Waals surface area contributed by atoms with Crippen LogP contribution in [-0.2, 0) is 10.2 Å². The van der Waals surface area contributed by atoms with E-state index in [2.05, 4.69) is 79.9 Å². The molecular formula is C19H27I3O2. The van der Waals surface area contributed by atoms with Gasteiger partial charge in [-0.2, -0.15) is 0 Å². The maximum atomic E-state index is 11.5. The Bertz CT molecular complexity index is 452. The van der Waals surface area contributed by atoms with Crippen LogP contribution < -0.4 is 4.74 Å². The molecule has 0 saturated heterocycles. The maximum absolute atomic E-state index is 11.5. The average Bonchev–Trinajstić information content (AvgIpc) is 2.62. The highest BCUT2D eigenvalue weighted by atomic mass is 127. The summed E-state index contributed by atoms with van der Waals surface area (Å²) in [7, 11) is 0. The molecule has 0 aromatic heterocycles. The summed E-state index contributed by atoms with van der Waals surface area (Å²) in [6.07, 6.45) is 7.93. The van der Waals surface area contributed by atoms with Crippen LogP contribution in [0.5, 0.6) is 5.75 Å². The fourth-order valence-electron chi connectivity index (χ4n) is 3.10. The molecule has 0 atom stereocenters. The number of halogens is 3. The van der Waals surface area contributed by atoms with Crippen molar-refractivity contribution >= 4 is 73.7 Å². The van der Waals surface area contributed by atoms with Crippen molar-refractivity contribution in [2.75, 3.05) is 13.3 Å². The van der Waals surface area contributed by atoms with Crippen molar-refractivity contribution in [3.63, 3.8) is 0 Å². The molecule has 0 radical (unpaired) electrons. The predicted octanol–water partition coefficient (Wildman–Crippen LogP) is 6.89. The number of carbonyl (C=O) groups excluding carboxylic acids is 1. The molecule has 0 unspecified atom stereocenters. The van der Waals surface area contributed by atoms with Gasteiger partial charge in [0.05, 0.1) is 0 Å². The Kier molecular flexibility index (Phi) is 12.5. The van der Waals surface area contributed by atoms with Gasteiger partial charge in [-0.05, 0) is 74.9 Å². The average molecular weight is 668 g/mol. The van der Waals surface area contributed by atoms with Gasteiger partial charge in [0.2, 0.25) is 0 Å². The first kappa shape index (κ1) is 22.9. The first-order valence-electron chi connectivity index (χ1n) is 8.61. The summed E-state index contributed by atoms with van der Waals surface area (Å²) in [6.45, 7) is 1.82. The van der Waals surface area contributed by atoms with E-state index in [9.17, 15) is 4.79 Å². The number of hydrogen-bond donors (Lipinski definition) is 0. The third kappa shape index (κ3) is 7.63. The lowest BCUT2D eigenvalue weighted by Gasteiger charge is -2.35. The van der Waals surface area contributed by atoms with Gasteiger partial charge in [0.15, 0.2) is 0 Å². The van der Waals surface area contributed by atoms with E-state index in [1.165, 1.54) is 57.4 Å². The van der Waals surface area contributed by atoms with E-state index in [0.29, 0.717) is 12.2 Å². The van der Waals surface area contributed by atoms with Gasteiger partial charge in [0, 0.05) is 6.42 Å². The number of hydrogen-bond acceptors (Lipinski definition) is 2. The molecule has 0 bridgehead atoms. The molecule has 0 aliphatic rings. The van der Waals surface area contributed by atoms with E-state index in [0.717, 1.165) is 0 Å². The van der Waals surface area contributed by atoms with Crippen LogP contribution in [0.1, 0.15) is 57.4 Å². The van der Waals surface area contributed by atoms with Crippen LogP contribution >= 0.6 is 67.8 Å². The standard InChI is InChI=1S/C19H27I3O2/c1-2-18(23)24-17-8-6-16(7-9-17)19(10-3-13-20,11-4-14-21)12-5-15-22/h6-9H,2-5,10-15H2,1H3. The Hall–Kier alpha value is 0.880. The van der Waals surface area contributed by atoms with Crippen LogP contribution in [0.15, 0.2) is 24.3 Å². The molecule has 0 N–H and O–H groups in total. The summed E-state index contributed by atoms with van der Waals surface area (Å²) in [5.74, 6) is 0.491. The lowest BCUT2D eigenvalue weighted by molar-refractivity contribution is -0.134. The zero-order chi connectivity index (χ0) is 17.8. The highest BCUT2D eigenvalue weighted by Gasteiger charge is 2.30. The smallest absolute Gasteiger partial charge is 0.310 e.